The molecule has 0 saturated carbocycles. The quantitative estimate of drug-likeness (QED) is 0.483. The molecule has 3 aromatic carbocycles. The van der Waals surface area contributed by atoms with Crippen LogP contribution in [0.4, 0.5) is 5.69 Å². The molecule has 0 bridgehead atoms. The second-order valence-corrected chi connectivity index (χ2v) is 9.55. The summed E-state index contributed by atoms with van der Waals surface area (Å²) in [7, 11) is -3.75. The summed E-state index contributed by atoms with van der Waals surface area (Å²) in [6.45, 7) is 5.89. The van der Waals surface area contributed by atoms with Gasteiger partial charge < -0.3 is 5.32 Å². The second kappa shape index (κ2) is 9.54. The van der Waals surface area contributed by atoms with Gasteiger partial charge in [0.05, 0.1) is 27.2 Å². The smallest absolute Gasteiger partial charge is 0.261 e. The van der Waals surface area contributed by atoms with Gasteiger partial charge in [-0.1, -0.05) is 66.0 Å². The molecular formula is C24H25ClN2O3S. The van der Waals surface area contributed by atoms with Crippen LogP contribution in [0.3, 0.4) is 0 Å². The van der Waals surface area contributed by atoms with Gasteiger partial charge in [0.2, 0.25) is 0 Å². The monoisotopic (exact) mass is 456 g/mol. The van der Waals surface area contributed by atoms with Gasteiger partial charge in [-0.2, -0.15) is 0 Å². The van der Waals surface area contributed by atoms with Gasteiger partial charge in [-0.15, -0.1) is 0 Å². The average molecular weight is 457 g/mol. The van der Waals surface area contributed by atoms with E-state index in [2.05, 4.69) is 10.0 Å². The molecule has 3 aromatic rings. The van der Waals surface area contributed by atoms with Crippen molar-refractivity contribution >= 4 is 33.2 Å². The van der Waals surface area contributed by atoms with Gasteiger partial charge in [0.1, 0.15) is 0 Å². The number of anilines is 1. The van der Waals surface area contributed by atoms with Gasteiger partial charge in [0, 0.05) is 0 Å². The fourth-order valence-corrected chi connectivity index (χ4v) is 4.47. The summed E-state index contributed by atoms with van der Waals surface area (Å²) >= 11 is 6.32. The molecule has 1 atom stereocenters. The molecule has 0 aliphatic heterocycles. The lowest BCUT2D eigenvalue weighted by Crippen LogP contribution is -2.28. The van der Waals surface area contributed by atoms with E-state index in [9.17, 15) is 13.2 Å². The third-order valence-electron chi connectivity index (χ3n) is 4.99. The number of aryl methyl sites for hydroxylation is 2. The van der Waals surface area contributed by atoms with Crippen LogP contribution < -0.4 is 10.0 Å². The molecule has 0 radical (unpaired) electrons. The number of hydrogen-bond donors (Lipinski definition) is 2. The Kier molecular flexibility index (Phi) is 7.03. The lowest BCUT2D eigenvalue weighted by molar-refractivity contribution is 0.0935. The zero-order valence-electron chi connectivity index (χ0n) is 17.6. The Labute approximate surface area is 188 Å². The molecule has 0 aliphatic carbocycles. The average Bonchev–Trinajstić information content (AvgIpc) is 2.72. The zero-order valence-corrected chi connectivity index (χ0v) is 19.2. The van der Waals surface area contributed by atoms with Crippen LogP contribution >= 0.6 is 11.6 Å². The van der Waals surface area contributed by atoms with Gasteiger partial charge in [0.25, 0.3) is 15.9 Å². The number of amides is 1. The van der Waals surface area contributed by atoms with Crippen LogP contribution in [0.1, 0.15) is 46.4 Å². The number of halogens is 1. The largest absolute Gasteiger partial charge is 0.345 e. The second-order valence-electron chi connectivity index (χ2n) is 7.46. The molecule has 0 aliphatic rings. The number of nitrogens with one attached hydrogen (secondary N) is 2. The normalized spacial score (nSPS) is 12.3. The van der Waals surface area contributed by atoms with Crippen LogP contribution in [0.5, 0.6) is 0 Å². The van der Waals surface area contributed by atoms with Crippen molar-refractivity contribution in [3.05, 3.63) is 94.0 Å². The number of carbonyl (C=O) groups excluding carboxylic acids is 1. The Morgan fingerprint density at radius 2 is 1.52 bits per heavy atom. The van der Waals surface area contributed by atoms with Crippen molar-refractivity contribution in [1.29, 1.82) is 0 Å². The first-order valence-corrected chi connectivity index (χ1v) is 11.8. The zero-order chi connectivity index (χ0) is 22.6. The van der Waals surface area contributed by atoms with Crippen LogP contribution in [0, 0.1) is 13.8 Å². The summed E-state index contributed by atoms with van der Waals surface area (Å²) in [6.07, 6.45) is 0.723. The third kappa shape index (κ3) is 5.66. The van der Waals surface area contributed by atoms with Gasteiger partial charge in [-0.3, -0.25) is 9.52 Å². The molecule has 5 nitrogen and oxygen atoms in total. The Morgan fingerprint density at radius 1 is 0.935 bits per heavy atom. The Balaban J connectivity index is 1.75. The van der Waals surface area contributed by atoms with E-state index in [4.69, 9.17) is 11.6 Å². The highest BCUT2D eigenvalue weighted by atomic mass is 35.5. The Hall–Kier alpha value is -2.83. The Bertz CT molecular complexity index is 1170. The minimum absolute atomic E-state index is 0.149. The van der Waals surface area contributed by atoms with Crippen molar-refractivity contribution in [2.45, 2.75) is 38.1 Å². The van der Waals surface area contributed by atoms with E-state index in [0.717, 1.165) is 23.1 Å². The summed E-state index contributed by atoms with van der Waals surface area (Å²) in [6, 6.07) is 18.9. The van der Waals surface area contributed by atoms with E-state index in [0.29, 0.717) is 0 Å². The highest BCUT2D eigenvalue weighted by molar-refractivity contribution is 7.92. The molecule has 0 fully saturated rings. The predicted molar refractivity (Wildman–Crippen MR) is 125 cm³/mol. The number of rotatable bonds is 7. The molecule has 0 spiro atoms. The lowest BCUT2D eigenvalue weighted by atomic mass is 10.0. The van der Waals surface area contributed by atoms with Crippen LogP contribution in [0.15, 0.2) is 71.6 Å². The fourth-order valence-electron chi connectivity index (χ4n) is 3.15. The minimum Gasteiger partial charge on any atom is -0.345 e. The maximum Gasteiger partial charge on any atom is 0.261 e. The maximum atomic E-state index is 12.8. The number of hydrogen-bond acceptors (Lipinski definition) is 3. The van der Waals surface area contributed by atoms with Gasteiger partial charge in [-0.25, -0.2) is 8.42 Å². The first-order chi connectivity index (χ1) is 14.7. The first kappa shape index (κ1) is 22.8. The molecule has 0 unspecified atom stereocenters. The summed E-state index contributed by atoms with van der Waals surface area (Å²) in [5.74, 6) is -0.314. The van der Waals surface area contributed by atoms with Crippen molar-refractivity contribution in [3.8, 4) is 0 Å². The highest BCUT2D eigenvalue weighted by Gasteiger charge is 2.18. The molecule has 2 N–H and O–H groups in total. The summed E-state index contributed by atoms with van der Waals surface area (Å²) in [5, 5.41) is 3.16. The molecule has 0 aromatic heterocycles. The molecule has 7 heteroatoms. The molecule has 3 rings (SSSR count). The van der Waals surface area contributed by atoms with Crippen LogP contribution in [0.2, 0.25) is 5.02 Å². The van der Waals surface area contributed by atoms with Crippen LogP contribution in [0.25, 0.3) is 0 Å². The third-order valence-corrected chi connectivity index (χ3v) is 6.70. The Morgan fingerprint density at radius 3 is 2.06 bits per heavy atom. The first-order valence-electron chi connectivity index (χ1n) is 9.96. The van der Waals surface area contributed by atoms with Crippen molar-refractivity contribution in [3.63, 3.8) is 0 Å². The van der Waals surface area contributed by atoms with Crippen LogP contribution in [-0.4, -0.2) is 14.3 Å². The minimum atomic E-state index is -3.75. The molecule has 162 valence electrons. The van der Waals surface area contributed by atoms with Crippen LogP contribution in [-0.2, 0) is 10.0 Å². The van der Waals surface area contributed by atoms with E-state index in [1.54, 1.807) is 12.1 Å². The SMILES string of the molecule is CC[C@H](NC(=O)c1ccc(NS(=O)(=O)c2ccc(C)cc2)cc1Cl)c1ccc(C)cc1. The number of benzene rings is 3. The van der Waals surface area contributed by atoms with Gasteiger partial charge in [-0.05, 0) is 56.2 Å². The molecule has 1 amide bonds. The van der Waals surface area contributed by atoms with Crippen molar-refractivity contribution < 1.29 is 13.2 Å². The van der Waals surface area contributed by atoms with E-state index < -0.39 is 10.0 Å². The fraction of sp³-hybridized carbons (Fsp3) is 0.208. The van der Waals surface area contributed by atoms with Gasteiger partial charge >= 0.3 is 0 Å². The molecule has 0 saturated heterocycles. The summed E-state index contributed by atoms with van der Waals surface area (Å²) < 4.78 is 27.6. The standard InChI is InChI=1S/C24H25ClN2O3S/c1-4-23(18-9-5-16(2)6-10-18)26-24(28)21-14-11-19(15-22(21)25)27-31(29,30)20-12-7-17(3)8-13-20/h5-15,23,27H,4H2,1-3H3,(H,26,28)/t23-/m0/s1. The van der Waals surface area contributed by atoms with Crippen molar-refractivity contribution in [2.24, 2.45) is 0 Å². The molecular weight excluding hydrogens is 432 g/mol. The van der Waals surface area contributed by atoms with E-state index >= 15 is 0 Å². The highest BCUT2D eigenvalue weighted by Crippen LogP contribution is 2.25. The van der Waals surface area contributed by atoms with Crippen molar-refractivity contribution in [2.75, 3.05) is 4.72 Å². The van der Waals surface area contributed by atoms with E-state index in [1.165, 1.54) is 30.3 Å². The molecule has 31 heavy (non-hydrogen) atoms. The summed E-state index contributed by atoms with van der Waals surface area (Å²) in [4.78, 5) is 12.9. The summed E-state index contributed by atoms with van der Waals surface area (Å²) in [5.41, 5.74) is 3.70. The lowest BCUT2D eigenvalue weighted by Gasteiger charge is -2.18. The van der Waals surface area contributed by atoms with Crippen molar-refractivity contribution in [1.82, 2.24) is 5.32 Å². The van der Waals surface area contributed by atoms with Gasteiger partial charge in [0.15, 0.2) is 0 Å². The maximum absolute atomic E-state index is 12.8. The topological polar surface area (TPSA) is 75.3 Å². The number of carbonyl (C=O) groups is 1. The molecule has 0 heterocycles. The van der Waals surface area contributed by atoms with E-state index in [-0.39, 0.29) is 33.1 Å². The van der Waals surface area contributed by atoms with E-state index in [1.807, 2.05) is 45.0 Å². The predicted octanol–water partition coefficient (Wildman–Crippen LogP) is 5.64. The number of sulfonamides is 1.